The molecule has 116 valence electrons. The highest BCUT2D eigenvalue weighted by Crippen LogP contribution is 2.25. The van der Waals surface area contributed by atoms with E-state index in [9.17, 15) is 13.2 Å². The topological polar surface area (TPSA) is 82.3 Å². The van der Waals surface area contributed by atoms with Gasteiger partial charge in [-0.3, -0.25) is 4.79 Å². The number of carbonyl (C=O) groups is 1. The minimum atomic E-state index is -3.52. The summed E-state index contributed by atoms with van der Waals surface area (Å²) in [5, 5.41) is 2.62. The first-order valence-electron chi connectivity index (χ1n) is 7.00. The Balaban J connectivity index is 1.83. The first-order chi connectivity index (χ1) is 10.5. The van der Waals surface area contributed by atoms with Gasteiger partial charge in [-0.1, -0.05) is 0 Å². The summed E-state index contributed by atoms with van der Waals surface area (Å²) < 4.78 is 26.8. The number of nitrogens with zero attached hydrogens (tertiary/aromatic N) is 1. The summed E-state index contributed by atoms with van der Waals surface area (Å²) in [7, 11) is -3.52. The third-order valence-electron chi connectivity index (χ3n) is 3.70. The van der Waals surface area contributed by atoms with Crippen LogP contribution in [0.25, 0.3) is 0 Å². The van der Waals surface area contributed by atoms with Crippen LogP contribution in [0.4, 0.5) is 5.69 Å². The number of sulfonamides is 1. The second-order valence-corrected chi connectivity index (χ2v) is 7.21. The second kappa shape index (κ2) is 5.58. The second-order valence-electron chi connectivity index (χ2n) is 5.28. The molecule has 0 bridgehead atoms. The highest BCUT2D eigenvalue weighted by Gasteiger charge is 2.28. The fourth-order valence-electron chi connectivity index (χ4n) is 2.59. The number of anilines is 1. The van der Waals surface area contributed by atoms with E-state index in [4.69, 9.17) is 0 Å². The predicted octanol–water partition coefficient (Wildman–Crippen LogP) is 1.72. The Morgan fingerprint density at radius 3 is 2.64 bits per heavy atom. The molecule has 1 aromatic heterocycles. The van der Waals surface area contributed by atoms with Crippen molar-refractivity contribution in [3.05, 3.63) is 47.8 Å². The van der Waals surface area contributed by atoms with E-state index in [-0.39, 0.29) is 10.8 Å². The maximum Gasteiger partial charge on any atom is 0.243 e. The number of aromatic amines is 1. The minimum absolute atomic E-state index is 0.188. The van der Waals surface area contributed by atoms with Crippen molar-refractivity contribution in [2.45, 2.75) is 24.8 Å². The number of rotatable bonds is 3. The van der Waals surface area contributed by atoms with Gasteiger partial charge in [-0.25, -0.2) is 8.42 Å². The van der Waals surface area contributed by atoms with E-state index in [0.29, 0.717) is 25.2 Å². The van der Waals surface area contributed by atoms with E-state index in [1.54, 1.807) is 12.1 Å². The monoisotopic (exact) mass is 319 g/mol. The van der Waals surface area contributed by atoms with Crippen LogP contribution in [0, 0.1) is 0 Å². The van der Waals surface area contributed by atoms with Crippen LogP contribution in [0.2, 0.25) is 0 Å². The van der Waals surface area contributed by atoms with Gasteiger partial charge < -0.3 is 10.3 Å². The van der Waals surface area contributed by atoms with Gasteiger partial charge >= 0.3 is 0 Å². The number of hydrogen-bond acceptors (Lipinski definition) is 3. The van der Waals surface area contributed by atoms with Crippen molar-refractivity contribution in [1.82, 2.24) is 9.29 Å². The van der Waals surface area contributed by atoms with Crippen LogP contribution in [-0.4, -0.2) is 30.2 Å². The van der Waals surface area contributed by atoms with E-state index in [0.717, 1.165) is 11.3 Å². The fourth-order valence-corrected chi connectivity index (χ4v) is 4.01. The quantitative estimate of drug-likeness (QED) is 0.903. The maximum absolute atomic E-state index is 12.7. The largest absolute Gasteiger partial charge is 0.365 e. The summed E-state index contributed by atoms with van der Waals surface area (Å²) in [6.07, 6.45) is 2.52. The average Bonchev–Trinajstić information content (AvgIpc) is 2.94. The van der Waals surface area contributed by atoms with Gasteiger partial charge in [0.1, 0.15) is 0 Å². The van der Waals surface area contributed by atoms with Crippen LogP contribution in [-0.2, 0) is 27.8 Å². The summed E-state index contributed by atoms with van der Waals surface area (Å²) in [6, 6.07) is 8.15. The molecule has 0 atom stereocenters. The van der Waals surface area contributed by atoms with Crippen LogP contribution in [0.1, 0.15) is 18.2 Å². The maximum atomic E-state index is 12.7. The molecule has 1 amide bonds. The van der Waals surface area contributed by atoms with Crippen LogP contribution >= 0.6 is 0 Å². The number of hydrogen-bond donors (Lipinski definition) is 2. The summed E-state index contributed by atoms with van der Waals surface area (Å²) in [5.74, 6) is -0.188. The molecule has 6 nitrogen and oxygen atoms in total. The van der Waals surface area contributed by atoms with Crippen molar-refractivity contribution < 1.29 is 13.2 Å². The third-order valence-corrected chi connectivity index (χ3v) is 5.56. The Bertz CT molecular complexity index is 794. The Morgan fingerprint density at radius 2 is 1.95 bits per heavy atom. The van der Waals surface area contributed by atoms with Crippen molar-refractivity contribution in [3.8, 4) is 0 Å². The molecule has 0 unspecified atom stereocenters. The highest BCUT2D eigenvalue weighted by atomic mass is 32.2. The first kappa shape index (κ1) is 14.8. The number of nitrogens with one attached hydrogen (secondary N) is 2. The molecule has 0 spiro atoms. The van der Waals surface area contributed by atoms with Crippen molar-refractivity contribution in [2.75, 3.05) is 11.9 Å². The van der Waals surface area contributed by atoms with E-state index in [2.05, 4.69) is 10.3 Å². The standard InChI is InChI=1S/C15H17N3O3S/c1-11(19)17-13-2-4-14(5-3-13)22(20,21)18-9-7-15-12(10-18)6-8-16-15/h2-6,8,16H,7,9-10H2,1H3,(H,17,19). The van der Waals surface area contributed by atoms with Crippen molar-refractivity contribution >= 4 is 21.6 Å². The molecule has 3 rings (SSSR count). The molecule has 1 aliphatic rings. The third kappa shape index (κ3) is 2.77. The van der Waals surface area contributed by atoms with Gasteiger partial charge in [0.05, 0.1) is 4.90 Å². The zero-order valence-corrected chi connectivity index (χ0v) is 13.0. The molecule has 0 saturated carbocycles. The Labute approximate surface area is 129 Å². The lowest BCUT2D eigenvalue weighted by molar-refractivity contribution is -0.114. The van der Waals surface area contributed by atoms with Gasteiger partial charge in [0.15, 0.2) is 0 Å². The number of H-pyrrole nitrogens is 1. The molecule has 0 fully saturated rings. The summed E-state index contributed by atoms with van der Waals surface area (Å²) in [6.45, 7) is 2.25. The van der Waals surface area contributed by atoms with E-state index in [1.165, 1.54) is 23.4 Å². The molecular weight excluding hydrogens is 302 g/mol. The normalized spacial score (nSPS) is 15.3. The van der Waals surface area contributed by atoms with Crippen LogP contribution in [0.3, 0.4) is 0 Å². The van der Waals surface area contributed by atoms with Crippen LogP contribution in [0.15, 0.2) is 41.4 Å². The zero-order chi connectivity index (χ0) is 15.7. The molecule has 7 heteroatoms. The molecular formula is C15H17N3O3S. The van der Waals surface area contributed by atoms with Gasteiger partial charge in [0.25, 0.3) is 0 Å². The molecule has 1 aliphatic heterocycles. The van der Waals surface area contributed by atoms with E-state index >= 15 is 0 Å². The summed E-state index contributed by atoms with van der Waals surface area (Å²) in [4.78, 5) is 14.4. The summed E-state index contributed by atoms with van der Waals surface area (Å²) in [5.41, 5.74) is 2.70. The van der Waals surface area contributed by atoms with E-state index < -0.39 is 10.0 Å². The Morgan fingerprint density at radius 1 is 1.23 bits per heavy atom. The molecule has 22 heavy (non-hydrogen) atoms. The van der Waals surface area contributed by atoms with Crippen molar-refractivity contribution in [1.29, 1.82) is 0 Å². The molecule has 1 aromatic carbocycles. The number of aromatic nitrogens is 1. The molecule has 0 saturated heterocycles. The number of benzene rings is 1. The Kier molecular flexibility index (Phi) is 3.76. The average molecular weight is 319 g/mol. The van der Waals surface area contributed by atoms with Crippen molar-refractivity contribution in [2.24, 2.45) is 0 Å². The number of amides is 1. The molecule has 0 aliphatic carbocycles. The van der Waals surface area contributed by atoms with E-state index in [1.807, 2.05) is 12.3 Å². The first-order valence-corrected chi connectivity index (χ1v) is 8.44. The van der Waals surface area contributed by atoms with Crippen LogP contribution in [0.5, 0.6) is 0 Å². The van der Waals surface area contributed by atoms with Gasteiger partial charge in [0, 0.05) is 44.0 Å². The molecule has 2 N–H and O–H groups in total. The van der Waals surface area contributed by atoms with Gasteiger partial charge in [-0.2, -0.15) is 4.31 Å². The smallest absolute Gasteiger partial charge is 0.243 e. The van der Waals surface area contributed by atoms with Crippen LogP contribution < -0.4 is 5.32 Å². The number of fused-ring (bicyclic) bond motifs is 1. The minimum Gasteiger partial charge on any atom is -0.365 e. The van der Waals surface area contributed by atoms with Gasteiger partial charge in [0.2, 0.25) is 15.9 Å². The fraction of sp³-hybridized carbons (Fsp3) is 0.267. The SMILES string of the molecule is CC(=O)Nc1ccc(S(=O)(=O)N2CCc3[nH]ccc3C2)cc1. The summed E-state index contributed by atoms with van der Waals surface area (Å²) >= 11 is 0. The Hall–Kier alpha value is -2.12. The lowest BCUT2D eigenvalue weighted by atomic mass is 10.1. The zero-order valence-electron chi connectivity index (χ0n) is 12.2. The number of carbonyl (C=O) groups excluding carboxylic acids is 1. The highest BCUT2D eigenvalue weighted by molar-refractivity contribution is 7.89. The molecule has 2 heterocycles. The lowest BCUT2D eigenvalue weighted by Gasteiger charge is -2.26. The van der Waals surface area contributed by atoms with Gasteiger partial charge in [-0.05, 0) is 35.9 Å². The van der Waals surface area contributed by atoms with Gasteiger partial charge in [-0.15, -0.1) is 0 Å². The lowest BCUT2D eigenvalue weighted by Crippen LogP contribution is -2.35. The molecule has 2 aromatic rings. The molecule has 0 radical (unpaired) electrons. The predicted molar refractivity (Wildman–Crippen MR) is 82.8 cm³/mol. The van der Waals surface area contributed by atoms with Crippen molar-refractivity contribution in [3.63, 3.8) is 0 Å².